The highest BCUT2D eigenvalue weighted by atomic mass is 32.2. The van der Waals surface area contributed by atoms with Crippen molar-refractivity contribution in [2.24, 2.45) is 5.92 Å². The number of carbonyl (C=O) groups excluding carboxylic acids is 1. The van der Waals surface area contributed by atoms with Gasteiger partial charge in [0.15, 0.2) is 0 Å². The quantitative estimate of drug-likeness (QED) is 0.743. The third kappa shape index (κ3) is 6.27. The molecule has 0 fully saturated rings. The summed E-state index contributed by atoms with van der Waals surface area (Å²) in [5.74, 6) is -0.467. The zero-order chi connectivity index (χ0) is 18.2. The van der Waals surface area contributed by atoms with Crippen molar-refractivity contribution in [1.82, 2.24) is 0 Å². The van der Waals surface area contributed by atoms with Gasteiger partial charge in [-0.3, -0.25) is 9.59 Å². The lowest BCUT2D eigenvalue weighted by Gasteiger charge is -2.13. The van der Waals surface area contributed by atoms with Gasteiger partial charge in [0.05, 0.1) is 11.2 Å². The summed E-state index contributed by atoms with van der Waals surface area (Å²) < 4.78 is 0. The Morgan fingerprint density at radius 2 is 1.64 bits per heavy atom. The Morgan fingerprint density at radius 3 is 2.24 bits per heavy atom. The Labute approximate surface area is 152 Å². The zero-order valence-electron chi connectivity index (χ0n) is 14.4. The van der Waals surface area contributed by atoms with E-state index in [0.29, 0.717) is 6.42 Å². The zero-order valence-corrected chi connectivity index (χ0v) is 15.3. The maximum atomic E-state index is 12.3. The Bertz CT molecular complexity index is 701. The molecule has 2 aromatic rings. The summed E-state index contributed by atoms with van der Waals surface area (Å²) in [4.78, 5) is 23.2. The molecule has 4 nitrogen and oxygen atoms in total. The number of anilines is 1. The van der Waals surface area contributed by atoms with E-state index in [0.717, 1.165) is 17.0 Å². The number of aliphatic carboxylic acids is 1. The number of rotatable bonds is 8. The number of amides is 1. The highest BCUT2D eigenvalue weighted by molar-refractivity contribution is 7.99. The Balaban J connectivity index is 1.84. The molecule has 2 rings (SSSR count). The number of benzene rings is 2. The van der Waals surface area contributed by atoms with Crippen LogP contribution in [0.4, 0.5) is 5.69 Å². The predicted octanol–water partition coefficient (Wildman–Crippen LogP) is 4.21. The predicted molar refractivity (Wildman–Crippen MR) is 103 cm³/mol. The Hall–Kier alpha value is -2.27. The SMILES string of the molecule is CC(Cc1ccc(NC(=O)C(C)SCc2ccccc2)cc1)C(=O)O. The van der Waals surface area contributed by atoms with Crippen LogP contribution in [0, 0.1) is 5.92 Å². The van der Waals surface area contributed by atoms with Gasteiger partial charge in [0, 0.05) is 11.4 Å². The van der Waals surface area contributed by atoms with Gasteiger partial charge in [-0.15, -0.1) is 11.8 Å². The van der Waals surface area contributed by atoms with Crippen LogP contribution in [0.15, 0.2) is 54.6 Å². The Kier molecular flexibility index (Phi) is 7.07. The fourth-order valence-corrected chi connectivity index (χ4v) is 3.13. The number of carboxylic acids is 1. The van der Waals surface area contributed by atoms with Gasteiger partial charge in [0.1, 0.15) is 0 Å². The molecule has 0 saturated carbocycles. The average Bonchev–Trinajstić information content (AvgIpc) is 2.62. The molecule has 0 aliphatic carbocycles. The van der Waals surface area contributed by atoms with E-state index in [4.69, 9.17) is 5.11 Å². The monoisotopic (exact) mass is 357 g/mol. The minimum absolute atomic E-state index is 0.0346. The molecule has 25 heavy (non-hydrogen) atoms. The van der Waals surface area contributed by atoms with E-state index < -0.39 is 11.9 Å². The maximum absolute atomic E-state index is 12.3. The van der Waals surface area contributed by atoms with E-state index in [1.165, 1.54) is 5.56 Å². The van der Waals surface area contributed by atoms with E-state index in [2.05, 4.69) is 17.4 Å². The van der Waals surface area contributed by atoms with Crippen LogP contribution in [-0.4, -0.2) is 22.2 Å². The lowest BCUT2D eigenvalue weighted by Crippen LogP contribution is -2.22. The molecule has 0 aliphatic heterocycles. The number of thioether (sulfide) groups is 1. The minimum atomic E-state index is -0.804. The standard InChI is InChI=1S/C20H23NO3S/c1-14(20(23)24)12-16-8-10-18(11-9-16)21-19(22)15(2)25-13-17-6-4-3-5-7-17/h3-11,14-15H,12-13H2,1-2H3,(H,21,22)(H,23,24). The van der Waals surface area contributed by atoms with Gasteiger partial charge in [0.2, 0.25) is 5.91 Å². The first kappa shape index (κ1) is 19.1. The maximum Gasteiger partial charge on any atom is 0.306 e. The van der Waals surface area contributed by atoms with E-state index in [1.54, 1.807) is 18.7 Å². The van der Waals surface area contributed by atoms with Gasteiger partial charge < -0.3 is 10.4 Å². The molecule has 0 radical (unpaired) electrons. The van der Waals surface area contributed by atoms with Gasteiger partial charge >= 0.3 is 5.97 Å². The summed E-state index contributed by atoms with van der Waals surface area (Å²) in [6, 6.07) is 17.4. The van der Waals surface area contributed by atoms with Crippen molar-refractivity contribution in [1.29, 1.82) is 0 Å². The molecule has 0 saturated heterocycles. The van der Waals surface area contributed by atoms with E-state index in [9.17, 15) is 9.59 Å². The highest BCUT2D eigenvalue weighted by Gasteiger charge is 2.14. The number of carbonyl (C=O) groups is 2. The third-order valence-corrected chi connectivity index (χ3v) is 5.11. The third-order valence-electron chi connectivity index (χ3n) is 3.90. The van der Waals surface area contributed by atoms with Crippen molar-refractivity contribution in [3.63, 3.8) is 0 Å². The van der Waals surface area contributed by atoms with Gasteiger partial charge in [-0.25, -0.2) is 0 Å². The van der Waals surface area contributed by atoms with Crippen LogP contribution in [0.3, 0.4) is 0 Å². The van der Waals surface area contributed by atoms with Crippen molar-refractivity contribution in [2.75, 3.05) is 5.32 Å². The van der Waals surface area contributed by atoms with Gasteiger partial charge in [-0.1, -0.05) is 49.4 Å². The Morgan fingerprint density at radius 1 is 1.00 bits per heavy atom. The lowest BCUT2D eigenvalue weighted by molar-refractivity contribution is -0.141. The second-order valence-corrected chi connectivity index (χ2v) is 7.40. The van der Waals surface area contributed by atoms with Crippen LogP contribution >= 0.6 is 11.8 Å². The smallest absolute Gasteiger partial charge is 0.306 e. The first-order chi connectivity index (χ1) is 12.0. The van der Waals surface area contributed by atoms with Gasteiger partial charge in [0.25, 0.3) is 0 Å². The normalized spacial score (nSPS) is 13.0. The van der Waals surface area contributed by atoms with Crippen LogP contribution < -0.4 is 5.32 Å². The van der Waals surface area contributed by atoms with Crippen molar-refractivity contribution in [2.45, 2.75) is 31.3 Å². The number of nitrogens with one attached hydrogen (secondary N) is 1. The summed E-state index contributed by atoms with van der Waals surface area (Å²) in [5.41, 5.74) is 2.87. The first-order valence-electron chi connectivity index (χ1n) is 8.24. The molecule has 5 heteroatoms. The number of hydrogen-bond acceptors (Lipinski definition) is 3. The molecule has 0 heterocycles. The van der Waals surface area contributed by atoms with Crippen LogP contribution in [0.2, 0.25) is 0 Å². The van der Waals surface area contributed by atoms with Crippen molar-refractivity contribution >= 4 is 29.3 Å². The van der Waals surface area contributed by atoms with E-state index >= 15 is 0 Å². The van der Waals surface area contributed by atoms with Crippen molar-refractivity contribution < 1.29 is 14.7 Å². The molecule has 2 atom stereocenters. The van der Waals surface area contributed by atoms with Crippen molar-refractivity contribution in [3.8, 4) is 0 Å². The minimum Gasteiger partial charge on any atom is -0.481 e. The lowest BCUT2D eigenvalue weighted by atomic mass is 10.0. The largest absolute Gasteiger partial charge is 0.481 e. The molecule has 132 valence electrons. The summed E-state index contributed by atoms with van der Waals surface area (Å²) in [6.45, 7) is 3.58. The van der Waals surface area contributed by atoms with Crippen LogP contribution in [0.5, 0.6) is 0 Å². The van der Waals surface area contributed by atoms with Crippen LogP contribution in [0.25, 0.3) is 0 Å². The molecular weight excluding hydrogens is 334 g/mol. The fourth-order valence-electron chi connectivity index (χ4n) is 2.28. The molecule has 2 N–H and O–H groups in total. The van der Waals surface area contributed by atoms with E-state index in [1.807, 2.05) is 49.4 Å². The van der Waals surface area contributed by atoms with Crippen LogP contribution in [0.1, 0.15) is 25.0 Å². The molecule has 0 bridgehead atoms. The molecule has 2 unspecified atom stereocenters. The molecule has 0 aliphatic rings. The average molecular weight is 357 g/mol. The highest BCUT2D eigenvalue weighted by Crippen LogP contribution is 2.20. The van der Waals surface area contributed by atoms with Crippen molar-refractivity contribution in [3.05, 3.63) is 65.7 Å². The fraction of sp³-hybridized carbons (Fsp3) is 0.300. The molecule has 2 aromatic carbocycles. The summed E-state index contributed by atoms with van der Waals surface area (Å²) in [6.07, 6.45) is 0.479. The summed E-state index contributed by atoms with van der Waals surface area (Å²) in [7, 11) is 0. The van der Waals surface area contributed by atoms with Gasteiger partial charge in [-0.2, -0.15) is 0 Å². The topological polar surface area (TPSA) is 66.4 Å². The van der Waals surface area contributed by atoms with E-state index in [-0.39, 0.29) is 11.2 Å². The second kappa shape index (κ2) is 9.28. The van der Waals surface area contributed by atoms with Crippen LogP contribution in [-0.2, 0) is 21.8 Å². The number of hydrogen-bond donors (Lipinski definition) is 2. The molecule has 0 spiro atoms. The van der Waals surface area contributed by atoms with Gasteiger partial charge in [-0.05, 0) is 36.6 Å². The molecule has 1 amide bonds. The molecule has 0 aromatic heterocycles. The summed E-state index contributed by atoms with van der Waals surface area (Å²) in [5, 5.41) is 11.7. The molecular formula is C20H23NO3S. The second-order valence-electron chi connectivity index (χ2n) is 6.07. The first-order valence-corrected chi connectivity index (χ1v) is 9.28. The summed E-state index contributed by atoms with van der Waals surface area (Å²) >= 11 is 1.59. The number of carboxylic acid groups (broad SMARTS) is 1.